The molecule has 1 aromatic heterocycles. The number of benzene rings is 2. The van der Waals surface area contributed by atoms with Gasteiger partial charge in [-0.3, -0.25) is 0 Å². The molecular formula is C24H19Cl2NO3. The van der Waals surface area contributed by atoms with Gasteiger partial charge in [0.25, 0.3) is 0 Å². The van der Waals surface area contributed by atoms with Crippen LogP contribution in [0.25, 0.3) is 24.3 Å². The van der Waals surface area contributed by atoms with Crippen LogP contribution in [-0.2, 0) is 4.74 Å². The average Bonchev–Trinajstić information content (AvgIpc) is 2.74. The Kier molecular flexibility index (Phi) is 7.28. The van der Waals surface area contributed by atoms with E-state index in [-0.39, 0.29) is 23.6 Å². The van der Waals surface area contributed by atoms with E-state index in [0.29, 0.717) is 15.7 Å². The zero-order valence-corrected chi connectivity index (χ0v) is 17.7. The molecule has 0 saturated carbocycles. The Morgan fingerprint density at radius 1 is 0.933 bits per heavy atom. The lowest BCUT2D eigenvalue weighted by Crippen LogP contribution is -2.07. The van der Waals surface area contributed by atoms with Gasteiger partial charge in [-0.05, 0) is 60.5 Å². The minimum Gasteiger partial charge on any atom is -0.505 e. The summed E-state index contributed by atoms with van der Waals surface area (Å²) < 4.78 is 5.07. The van der Waals surface area contributed by atoms with Gasteiger partial charge in [0.2, 0.25) is 0 Å². The number of esters is 1. The van der Waals surface area contributed by atoms with Gasteiger partial charge in [0.05, 0.1) is 12.3 Å². The highest BCUT2D eigenvalue weighted by atomic mass is 35.5. The molecule has 0 amide bonds. The minimum atomic E-state index is -0.611. The van der Waals surface area contributed by atoms with Crippen molar-refractivity contribution < 1.29 is 14.6 Å². The van der Waals surface area contributed by atoms with E-state index in [1.54, 1.807) is 49.4 Å². The lowest BCUT2D eigenvalue weighted by Gasteiger charge is -2.08. The molecule has 0 fully saturated rings. The number of aromatic nitrogens is 1. The molecule has 0 radical (unpaired) electrons. The Morgan fingerprint density at radius 2 is 1.47 bits per heavy atom. The van der Waals surface area contributed by atoms with Gasteiger partial charge in [-0.25, -0.2) is 9.78 Å². The molecule has 1 N–H and O–H groups in total. The number of hydrogen-bond donors (Lipinski definition) is 1. The van der Waals surface area contributed by atoms with E-state index in [2.05, 4.69) is 4.98 Å². The Labute approximate surface area is 185 Å². The smallest absolute Gasteiger partial charge is 0.342 e. The molecule has 0 unspecified atom stereocenters. The summed E-state index contributed by atoms with van der Waals surface area (Å²) in [6, 6.07) is 16.0. The first-order chi connectivity index (χ1) is 14.5. The monoisotopic (exact) mass is 439 g/mol. The van der Waals surface area contributed by atoms with Crippen LogP contribution in [0.1, 0.15) is 39.8 Å². The molecule has 0 atom stereocenters. The van der Waals surface area contributed by atoms with Gasteiger partial charge in [-0.2, -0.15) is 0 Å². The summed E-state index contributed by atoms with van der Waals surface area (Å²) in [6.45, 7) is 1.91. The van der Waals surface area contributed by atoms with Gasteiger partial charge >= 0.3 is 5.97 Å². The van der Waals surface area contributed by atoms with Gasteiger partial charge in [0.15, 0.2) is 5.75 Å². The zero-order valence-electron chi connectivity index (χ0n) is 16.2. The third-order valence-corrected chi connectivity index (χ3v) is 4.66. The van der Waals surface area contributed by atoms with E-state index in [1.807, 2.05) is 30.3 Å². The maximum Gasteiger partial charge on any atom is 0.342 e. The van der Waals surface area contributed by atoms with Crippen molar-refractivity contribution in [2.75, 3.05) is 6.61 Å². The number of carbonyl (C=O) groups excluding carboxylic acids is 1. The second-order valence-electron chi connectivity index (χ2n) is 6.32. The second kappa shape index (κ2) is 10.1. The molecule has 152 valence electrons. The van der Waals surface area contributed by atoms with E-state index in [1.165, 1.54) is 6.07 Å². The molecular weight excluding hydrogens is 421 g/mol. The van der Waals surface area contributed by atoms with E-state index in [4.69, 9.17) is 27.9 Å². The van der Waals surface area contributed by atoms with Crippen molar-refractivity contribution in [2.45, 2.75) is 6.92 Å². The van der Waals surface area contributed by atoms with Crippen LogP contribution in [0.15, 0.2) is 54.6 Å². The van der Waals surface area contributed by atoms with Crippen molar-refractivity contribution in [3.63, 3.8) is 0 Å². The predicted octanol–water partition coefficient (Wildman–Crippen LogP) is 6.61. The minimum absolute atomic E-state index is 0.0540. The second-order valence-corrected chi connectivity index (χ2v) is 7.19. The number of nitrogens with zero attached hydrogens (tertiary/aromatic N) is 1. The Morgan fingerprint density at radius 3 is 2.00 bits per heavy atom. The van der Waals surface area contributed by atoms with E-state index >= 15 is 0 Å². The van der Waals surface area contributed by atoms with Crippen LogP contribution in [0.4, 0.5) is 0 Å². The molecule has 0 aliphatic rings. The van der Waals surface area contributed by atoms with Crippen molar-refractivity contribution in [3.05, 3.63) is 92.7 Å². The molecule has 0 aliphatic heterocycles. The number of pyridine rings is 1. The summed E-state index contributed by atoms with van der Waals surface area (Å²) in [5.41, 5.74) is 2.61. The maximum absolute atomic E-state index is 12.3. The number of carbonyl (C=O) groups is 1. The molecule has 3 aromatic rings. The van der Waals surface area contributed by atoms with Crippen LogP contribution in [-0.4, -0.2) is 22.7 Å². The van der Waals surface area contributed by atoms with Crippen LogP contribution in [0.3, 0.4) is 0 Å². The normalized spacial score (nSPS) is 11.3. The standard InChI is InChI=1S/C24H19Cl2NO3/c1-2-30-24(29)21-15-20(13-7-16-3-9-18(25)10-4-16)27-22(23(21)28)14-8-17-5-11-19(26)12-6-17/h3-15,28H,2H2,1H3/b13-7+,14-8+. The number of aromatic hydroxyl groups is 1. The van der Waals surface area contributed by atoms with Crippen LogP contribution in [0.5, 0.6) is 5.75 Å². The molecule has 0 aliphatic carbocycles. The molecule has 1 heterocycles. The van der Waals surface area contributed by atoms with Crippen molar-refractivity contribution in [1.82, 2.24) is 4.98 Å². The van der Waals surface area contributed by atoms with Gasteiger partial charge in [0, 0.05) is 10.0 Å². The van der Waals surface area contributed by atoms with Crippen LogP contribution in [0.2, 0.25) is 10.0 Å². The number of ether oxygens (including phenoxy) is 1. The third kappa shape index (κ3) is 5.72. The average molecular weight is 440 g/mol. The molecule has 0 spiro atoms. The van der Waals surface area contributed by atoms with E-state index in [0.717, 1.165) is 11.1 Å². The summed E-state index contributed by atoms with van der Waals surface area (Å²) in [6.07, 6.45) is 7.02. The lowest BCUT2D eigenvalue weighted by molar-refractivity contribution is 0.0522. The van der Waals surface area contributed by atoms with Crippen LogP contribution >= 0.6 is 23.2 Å². The number of halogens is 2. The summed E-state index contributed by atoms with van der Waals surface area (Å²) in [4.78, 5) is 16.8. The van der Waals surface area contributed by atoms with Gasteiger partial charge < -0.3 is 9.84 Å². The molecule has 6 heteroatoms. The fraction of sp³-hybridized carbons (Fsp3) is 0.0833. The molecule has 0 bridgehead atoms. The fourth-order valence-corrected chi connectivity index (χ4v) is 2.90. The molecule has 2 aromatic carbocycles. The quantitative estimate of drug-likeness (QED) is 0.438. The predicted molar refractivity (Wildman–Crippen MR) is 123 cm³/mol. The van der Waals surface area contributed by atoms with Crippen molar-refractivity contribution in [1.29, 1.82) is 0 Å². The highest BCUT2D eigenvalue weighted by Crippen LogP contribution is 2.26. The zero-order chi connectivity index (χ0) is 21.5. The topological polar surface area (TPSA) is 59.4 Å². The Bertz CT molecular complexity index is 1090. The first kappa shape index (κ1) is 21.6. The van der Waals surface area contributed by atoms with Gasteiger partial charge in [-0.1, -0.05) is 59.6 Å². The summed E-state index contributed by atoms with van der Waals surface area (Å²) in [7, 11) is 0. The van der Waals surface area contributed by atoms with Crippen LogP contribution < -0.4 is 0 Å². The number of hydrogen-bond acceptors (Lipinski definition) is 4. The third-order valence-electron chi connectivity index (χ3n) is 4.16. The van der Waals surface area contributed by atoms with Crippen molar-refractivity contribution >= 4 is 53.5 Å². The van der Waals surface area contributed by atoms with E-state index in [9.17, 15) is 9.90 Å². The Balaban J connectivity index is 1.98. The van der Waals surface area contributed by atoms with E-state index < -0.39 is 5.97 Å². The summed E-state index contributed by atoms with van der Waals surface area (Å²) in [5, 5.41) is 11.9. The highest BCUT2D eigenvalue weighted by Gasteiger charge is 2.17. The fourth-order valence-electron chi connectivity index (χ4n) is 2.65. The molecule has 0 saturated heterocycles. The largest absolute Gasteiger partial charge is 0.505 e. The van der Waals surface area contributed by atoms with Crippen molar-refractivity contribution in [2.24, 2.45) is 0 Å². The lowest BCUT2D eigenvalue weighted by atomic mass is 10.1. The van der Waals surface area contributed by atoms with Gasteiger partial charge in [0.1, 0.15) is 11.3 Å². The summed E-state index contributed by atoms with van der Waals surface area (Å²) in [5.74, 6) is -0.845. The van der Waals surface area contributed by atoms with Crippen molar-refractivity contribution in [3.8, 4) is 5.75 Å². The first-order valence-corrected chi connectivity index (χ1v) is 10.0. The maximum atomic E-state index is 12.3. The van der Waals surface area contributed by atoms with Gasteiger partial charge in [-0.15, -0.1) is 0 Å². The molecule has 3 rings (SSSR count). The first-order valence-electron chi connectivity index (χ1n) is 9.24. The number of rotatable bonds is 6. The highest BCUT2D eigenvalue weighted by molar-refractivity contribution is 6.30. The SMILES string of the molecule is CCOC(=O)c1cc(/C=C/c2ccc(Cl)cc2)nc(/C=C/c2ccc(Cl)cc2)c1O. The Hall–Kier alpha value is -3.08. The summed E-state index contributed by atoms with van der Waals surface area (Å²) >= 11 is 11.8. The molecule has 4 nitrogen and oxygen atoms in total. The van der Waals surface area contributed by atoms with Crippen LogP contribution in [0, 0.1) is 0 Å². The molecule has 30 heavy (non-hydrogen) atoms.